The van der Waals surface area contributed by atoms with Crippen molar-refractivity contribution < 1.29 is 9.53 Å². The molecule has 18 heavy (non-hydrogen) atoms. The van der Waals surface area contributed by atoms with E-state index in [1.165, 1.54) is 0 Å². The van der Waals surface area contributed by atoms with Gasteiger partial charge >= 0.3 is 5.97 Å². The molecule has 0 fully saturated rings. The minimum absolute atomic E-state index is 0.324. The van der Waals surface area contributed by atoms with Crippen LogP contribution in [0.25, 0.3) is 16.6 Å². The third-order valence-corrected chi connectivity index (χ3v) is 2.82. The summed E-state index contributed by atoms with van der Waals surface area (Å²) in [5, 5.41) is 0.992. The van der Waals surface area contributed by atoms with Gasteiger partial charge in [0.15, 0.2) is 0 Å². The second-order valence-corrected chi connectivity index (χ2v) is 3.97. The zero-order valence-electron chi connectivity index (χ0n) is 9.96. The lowest BCUT2D eigenvalue weighted by Gasteiger charge is -2.04. The number of rotatable bonds is 2. The van der Waals surface area contributed by atoms with Gasteiger partial charge in [-0.05, 0) is 25.1 Å². The highest BCUT2D eigenvalue weighted by Gasteiger charge is 2.12. The average Bonchev–Trinajstić information content (AvgIpc) is 2.79. The molecule has 90 valence electrons. The lowest BCUT2D eigenvalue weighted by molar-refractivity contribution is 0.0518. The molecule has 0 spiro atoms. The quantitative estimate of drug-likeness (QED) is 0.647. The zero-order chi connectivity index (χ0) is 12.5. The summed E-state index contributed by atoms with van der Waals surface area (Å²) < 4.78 is 6.78. The summed E-state index contributed by atoms with van der Waals surface area (Å²) in [6.07, 6.45) is 1.91. The number of hydrogen-bond acceptors (Lipinski definition) is 3. The molecule has 0 bridgehead atoms. The van der Waals surface area contributed by atoms with Crippen molar-refractivity contribution in [2.24, 2.45) is 0 Å². The van der Waals surface area contributed by atoms with Crippen LogP contribution in [0, 0.1) is 0 Å². The smallest absolute Gasteiger partial charge is 0.355 e. The van der Waals surface area contributed by atoms with Crippen LogP contribution in [-0.4, -0.2) is 22.0 Å². The van der Waals surface area contributed by atoms with Gasteiger partial charge in [-0.3, -0.25) is 4.40 Å². The maximum atomic E-state index is 11.8. The first-order valence-electron chi connectivity index (χ1n) is 5.83. The predicted molar refractivity (Wildman–Crippen MR) is 68.7 cm³/mol. The van der Waals surface area contributed by atoms with Gasteiger partial charge in [0.2, 0.25) is 0 Å². The molecule has 0 aliphatic heterocycles. The number of esters is 1. The van der Waals surface area contributed by atoms with Crippen LogP contribution in [0.5, 0.6) is 0 Å². The Morgan fingerprint density at radius 1 is 1.28 bits per heavy atom. The molecule has 0 saturated heterocycles. The van der Waals surface area contributed by atoms with Crippen molar-refractivity contribution in [3.63, 3.8) is 0 Å². The summed E-state index contributed by atoms with van der Waals surface area (Å²) in [6, 6.07) is 11.4. The van der Waals surface area contributed by atoms with Gasteiger partial charge in [0.1, 0.15) is 11.3 Å². The standard InChI is InChI=1S/C14H12N2O2/c1-2-18-14(17)12-7-8-13-15-11-6-4-3-5-10(11)9-16(12)13/h3-9H,2H2,1H3. The van der Waals surface area contributed by atoms with Gasteiger partial charge < -0.3 is 4.74 Å². The number of aromatic nitrogens is 2. The fourth-order valence-corrected chi connectivity index (χ4v) is 2.00. The Balaban J connectivity index is 2.23. The van der Waals surface area contributed by atoms with Crippen LogP contribution < -0.4 is 0 Å². The van der Waals surface area contributed by atoms with Crippen LogP contribution >= 0.6 is 0 Å². The van der Waals surface area contributed by atoms with Gasteiger partial charge in [0.05, 0.1) is 12.1 Å². The summed E-state index contributed by atoms with van der Waals surface area (Å²) in [5.41, 5.74) is 2.17. The molecule has 3 rings (SSSR count). The SMILES string of the molecule is CCOC(=O)c1ccc2nc3ccccc3cn12. The molecule has 2 aromatic heterocycles. The molecule has 0 unspecified atom stereocenters. The lowest BCUT2D eigenvalue weighted by Crippen LogP contribution is -2.08. The third-order valence-electron chi connectivity index (χ3n) is 2.82. The van der Waals surface area contributed by atoms with Gasteiger partial charge in [-0.2, -0.15) is 0 Å². The summed E-state index contributed by atoms with van der Waals surface area (Å²) in [6.45, 7) is 2.16. The number of ether oxygens (including phenoxy) is 1. The van der Waals surface area contributed by atoms with E-state index in [-0.39, 0.29) is 5.97 Å². The number of fused-ring (bicyclic) bond motifs is 2. The minimum Gasteiger partial charge on any atom is -0.461 e. The molecule has 0 N–H and O–H groups in total. The van der Waals surface area contributed by atoms with Gasteiger partial charge in [0.25, 0.3) is 0 Å². The number of hydrogen-bond donors (Lipinski definition) is 0. The van der Waals surface area contributed by atoms with Gasteiger partial charge in [-0.25, -0.2) is 9.78 Å². The molecule has 2 heterocycles. The van der Waals surface area contributed by atoms with Crippen LogP contribution in [0.1, 0.15) is 17.4 Å². The van der Waals surface area contributed by atoms with Crippen LogP contribution in [0.15, 0.2) is 42.6 Å². The molecule has 0 radical (unpaired) electrons. The fourth-order valence-electron chi connectivity index (χ4n) is 2.00. The number of nitrogens with zero attached hydrogens (tertiary/aromatic N) is 2. The molecule has 3 aromatic rings. The molecular formula is C14H12N2O2. The van der Waals surface area contributed by atoms with Crippen molar-refractivity contribution >= 4 is 22.5 Å². The highest BCUT2D eigenvalue weighted by atomic mass is 16.5. The van der Waals surface area contributed by atoms with Crippen LogP contribution in [0.2, 0.25) is 0 Å². The Bertz CT molecular complexity index is 731. The van der Waals surface area contributed by atoms with E-state index < -0.39 is 0 Å². The van der Waals surface area contributed by atoms with Crippen LogP contribution in [-0.2, 0) is 4.74 Å². The van der Waals surface area contributed by atoms with Crippen LogP contribution in [0.4, 0.5) is 0 Å². The van der Waals surface area contributed by atoms with Gasteiger partial charge in [0, 0.05) is 11.6 Å². The van der Waals surface area contributed by atoms with Crippen molar-refractivity contribution in [2.75, 3.05) is 6.61 Å². The first-order valence-corrected chi connectivity index (χ1v) is 5.83. The van der Waals surface area contributed by atoms with E-state index >= 15 is 0 Å². The maximum Gasteiger partial charge on any atom is 0.355 e. The molecule has 0 saturated carbocycles. The maximum absolute atomic E-state index is 11.8. The molecule has 0 aliphatic carbocycles. The third kappa shape index (κ3) is 1.62. The first-order chi connectivity index (χ1) is 8.79. The van der Waals surface area contributed by atoms with Gasteiger partial charge in [-0.15, -0.1) is 0 Å². The summed E-state index contributed by atoms with van der Waals surface area (Å²) >= 11 is 0. The van der Waals surface area contributed by atoms with E-state index in [9.17, 15) is 4.79 Å². The second-order valence-electron chi connectivity index (χ2n) is 3.97. The number of carbonyl (C=O) groups is 1. The van der Waals surface area contributed by atoms with E-state index in [0.29, 0.717) is 12.3 Å². The molecule has 0 amide bonds. The van der Waals surface area contributed by atoms with Gasteiger partial charge in [-0.1, -0.05) is 18.2 Å². The zero-order valence-corrected chi connectivity index (χ0v) is 9.96. The van der Waals surface area contributed by atoms with Crippen LogP contribution in [0.3, 0.4) is 0 Å². The van der Waals surface area contributed by atoms with E-state index in [2.05, 4.69) is 4.98 Å². The normalized spacial score (nSPS) is 10.9. The fraction of sp³-hybridized carbons (Fsp3) is 0.143. The Morgan fingerprint density at radius 3 is 2.94 bits per heavy atom. The second kappa shape index (κ2) is 4.14. The van der Waals surface area contributed by atoms with E-state index in [0.717, 1.165) is 16.6 Å². The van der Waals surface area contributed by atoms with E-state index in [1.54, 1.807) is 17.4 Å². The Labute approximate surface area is 104 Å². The number of para-hydroxylation sites is 1. The van der Waals surface area contributed by atoms with Crippen molar-refractivity contribution in [3.05, 3.63) is 48.3 Å². The predicted octanol–water partition coefficient (Wildman–Crippen LogP) is 2.66. The molecular weight excluding hydrogens is 228 g/mol. The Kier molecular flexibility index (Phi) is 2.48. The highest BCUT2D eigenvalue weighted by Crippen LogP contribution is 2.16. The van der Waals surface area contributed by atoms with E-state index in [1.807, 2.05) is 36.5 Å². The average molecular weight is 240 g/mol. The van der Waals surface area contributed by atoms with Crippen molar-refractivity contribution in [3.8, 4) is 0 Å². The summed E-state index contributed by atoms with van der Waals surface area (Å²) in [7, 11) is 0. The lowest BCUT2D eigenvalue weighted by atomic mass is 10.2. The Hall–Kier alpha value is -2.36. The number of carbonyl (C=O) groups excluding carboxylic acids is 1. The topological polar surface area (TPSA) is 43.6 Å². The molecule has 1 aromatic carbocycles. The van der Waals surface area contributed by atoms with Crippen molar-refractivity contribution in [1.29, 1.82) is 0 Å². The monoisotopic (exact) mass is 240 g/mol. The molecule has 0 atom stereocenters. The minimum atomic E-state index is -0.324. The summed E-state index contributed by atoms with van der Waals surface area (Å²) in [5.74, 6) is -0.324. The van der Waals surface area contributed by atoms with Crippen molar-refractivity contribution in [1.82, 2.24) is 9.38 Å². The van der Waals surface area contributed by atoms with E-state index in [4.69, 9.17) is 4.74 Å². The molecule has 4 nitrogen and oxygen atoms in total. The highest BCUT2D eigenvalue weighted by molar-refractivity contribution is 5.90. The molecule has 4 heteroatoms. The Morgan fingerprint density at radius 2 is 2.11 bits per heavy atom. The van der Waals surface area contributed by atoms with Crippen molar-refractivity contribution in [2.45, 2.75) is 6.92 Å². The molecule has 0 aliphatic rings. The first kappa shape index (κ1) is 10.8. The summed E-state index contributed by atoms with van der Waals surface area (Å²) in [4.78, 5) is 16.3. The number of benzene rings is 1. The largest absolute Gasteiger partial charge is 0.461 e.